The Kier molecular flexibility index (Phi) is 4.80. The molecule has 2 rings (SSSR count). The normalized spacial score (nSPS) is 21.9. The van der Waals surface area contributed by atoms with Gasteiger partial charge in [-0.3, -0.25) is 0 Å². The Labute approximate surface area is 126 Å². The number of likely N-dealkylation sites (N-methyl/N-ethyl adjacent to an activating group) is 1. The van der Waals surface area contributed by atoms with Crippen LogP contribution in [0.2, 0.25) is 0 Å². The number of anilines is 2. The van der Waals surface area contributed by atoms with Crippen LogP contribution in [0.3, 0.4) is 0 Å². The molecule has 1 aromatic rings. The second-order valence-electron chi connectivity index (χ2n) is 5.72. The molecule has 1 aromatic carbocycles. The van der Waals surface area contributed by atoms with Crippen LogP contribution in [0.4, 0.5) is 11.4 Å². The number of nitrogens with two attached hydrogens (primary N) is 1. The van der Waals surface area contributed by atoms with E-state index in [4.69, 9.17) is 15.2 Å². The Hall–Kier alpha value is -1.66. The number of nitrogen functional groups attached to an aromatic ring is 1. The van der Waals surface area contributed by atoms with Gasteiger partial charge in [-0.05, 0) is 20.5 Å². The van der Waals surface area contributed by atoms with Crippen LogP contribution in [0.15, 0.2) is 12.1 Å². The molecule has 0 radical (unpaired) electrons. The average Bonchev–Trinajstić information content (AvgIpc) is 2.78. The van der Waals surface area contributed by atoms with Gasteiger partial charge in [0.15, 0.2) is 11.5 Å². The highest BCUT2D eigenvalue weighted by molar-refractivity contribution is 5.74. The standard InChI is InChI=1S/C15H25N3O3/c1-17(2)8-10-5-11(19)9-18(10)13-7-15(21-4)14(20-3)6-12(13)16/h6-7,10-11,19H,5,8-9,16H2,1-4H3. The third-order valence-corrected chi connectivity index (χ3v) is 3.81. The third-order valence-electron chi connectivity index (χ3n) is 3.81. The van der Waals surface area contributed by atoms with E-state index in [2.05, 4.69) is 9.80 Å². The smallest absolute Gasteiger partial charge is 0.162 e. The summed E-state index contributed by atoms with van der Waals surface area (Å²) in [7, 11) is 7.25. The summed E-state index contributed by atoms with van der Waals surface area (Å²) in [6.07, 6.45) is 0.411. The summed E-state index contributed by atoms with van der Waals surface area (Å²) in [6, 6.07) is 3.89. The number of β-amino-alcohol motifs (C(OH)–C–C–N with tert-alkyl or cyclic N) is 1. The molecule has 1 aliphatic heterocycles. The van der Waals surface area contributed by atoms with E-state index in [9.17, 15) is 5.11 Å². The van der Waals surface area contributed by atoms with Crippen molar-refractivity contribution in [2.75, 3.05) is 52.0 Å². The van der Waals surface area contributed by atoms with Crippen molar-refractivity contribution >= 4 is 11.4 Å². The van der Waals surface area contributed by atoms with Gasteiger partial charge in [-0.2, -0.15) is 0 Å². The maximum absolute atomic E-state index is 10.0. The lowest BCUT2D eigenvalue weighted by atomic mass is 10.1. The first-order valence-electron chi connectivity index (χ1n) is 7.07. The Morgan fingerprint density at radius 3 is 2.48 bits per heavy atom. The first kappa shape index (κ1) is 15.7. The number of hydrogen-bond donors (Lipinski definition) is 2. The van der Waals surface area contributed by atoms with Crippen LogP contribution in [0.1, 0.15) is 6.42 Å². The molecule has 0 aromatic heterocycles. The lowest BCUT2D eigenvalue weighted by Crippen LogP contribution is -2.38. The molecule has 0 saturated carbocycles. The van der Waals surface area contributed by atoms with Gasteiger partial charge in [-0.1, -0.05) is 0 Å². The topological polar surface area (TPSA) is 71.2 Å². The summed E-state index contributed by atoms with van der Waals surface area (Å²) in [4.78, 5) is 4.27. The molecular formula is C15H25N3O3. The molecule has 118 valence electrons. The first-order chi connectivity index (χ1) is 9.96. The van der Waals surface area contributed by atoms with Gasteiger partial charge < -0.3 is 30.1 Å². The van der Waals surface area contributed by atoms with Crippen LogP contribution in [0, 0.1) is 0 Å². The number of ether oxygens (including phenoxy) is 2. The molecule has 0 spiro atoms. The van der Waals surface area contributed by atoms with Crippen molar-refractivity contribution in [1.82, 2.24) is 4.90 Å². The Morgan fingerprint density at radius 2 is 1.90 bits per heavy atom. The molecule has 6 nitrogen and oxygen atoms in total. The number of rotatable bonds is 5. The SMILES string of the molecule is COc1cc(N)c(N2CC(O)CC2CN(C)C)cc1OC. The lowest BCUT2D eigenvalue weighted by Gasteiger charge is -2.30. The molecule has 1 saturated heterocycles. The van der Waals surface area contributed by atoms with Crippen LogP contribution >= 0.6 is 0 Å². The molecule has 0 bridgehead atoms. The molecule has 6 heteroatoms. The zero-order valence-electron chi connectivity index (χ0n) is 13.2. The molecule has 0 aliphatic carbocycles. The van der Waals surface area contributed by atoms with Crippen molar-refractivity contribution in [2.24, 2.45) is 0 Å². The molecule has 1 fully saturated rings. The van der Waals surface area contributed by atoms with E-state index in [0.717, 1.165) is 18.7 Å². The highest BCUT2D eigenvalue weighted by atomic mass is 16.5. The molecule has 1 heterocycles. The van der Waals surface area contributed by atoms with Crippen molar-refractivity contribution in [3.8, 4) is 11.5 Å². The average molecular weight is 295 g/mol. The minimum atomic E-state index is -0.331. The van der Waals surface area contributed by atoms with Gasteiger partial charge in [0, 0.05) is 31.3 Å². The van der Waals surface area contributed by atoms with E-state index in [-0.39, 0.29) is 12.1 Å². The highest BCUT2D eigenvalue weighted by Crippen LogP contribution is 2.39. The van der Waals surface area contributed by atoms with E-state index in [1.807, 2.05) is 20.2 Å². The van der Waals surface area contributed by atoms with Crippen LogP contribution in [0.25, 0.3) is 0 Å². The van der Waals surface area contributed by atoms with Crippen molar-refractivity contribution in [1.29, 1.82) is 0 Å². The third kappa shape index (κ3) is 3.33. The molecule has 3 N–H and O–H groups in total. The number of aliphatic hydroxyl groups is 1. The van der Waals surface area contributed by atoms with Gasteiger partial charge in [0.2, 0.25) is 0 Å². The van der Waals surface area contributed by atoms with E-state index in [1.54, 1.807) is 20.3 Å². The summed E-state index contributed by atoms with van der Waals surface area (Å²) in [6.45, 7) is 1.45. The fourth-order valence-electron chi connectivity index (χ4n) is 2.91. The van der Waals surface area contributed by atoms with Crippen molar-refractivity contribution in [3.05, 3.63) is 12.1 Å². The number of benzene rings is 1. The predicted octanol–water partition coefficient (Wildman–Crippen LogP) is 0.787. The fourth-order valence-corrected chi connectivity index (χ4v) is 2.91. The van der Waals surface area contributed by atoms with Gasteiger partial charge in [0.25, 0.3) is 0 Å². The second kappa shape index (κ2) is 6.41. The van der Waals surface area contributed by atoms with E-state index < -0.39 is 0 Å². The summed E-state index contributed by atoms with van der Waals surface area (Å²) >= 11 is 0. The molecule has 0 amide bonds. The molecule has 21 heavy (non-hydrogen) atoms. The largest absolute Gasteiger partial charge is 0.493 e. The number of aliphatic hydroxyl groups excluding tert-OH is 1. The van der Waals surface area contributed by atoms with Crippen molar-refractivity contribution in [2.45, 2.75) is 18.6 Å². The predicted molar refractivity (Wildman–Crippen MR) is 84.3 cm³/mol. The summed E-state index contributed by atoms with van der Waals surface area (Å²) in [5.74, 6) is 1.26. The Balaban J connectivity index is 2.35. The van der Waals surface area contributed by atoms with Gasteiger partial charge in [0.05, 0.1) is 31.7 Å². The summed E-state index contributed by atoms with van der Waals surface area (Å²) in [5.41, 5.74) is 7.68. The number of hydrogen-bond acceptors (Lipinski definition) is 6. The first-order valence-corrected chi connectivity index (χ1v) is 7.07. The number of nitrogens with zero attached hydrogens (tertiary/aromatic N) is 2. The van der Waals surface area contributed by atoms with Crippen LogP contribution in [-0.4, -0.2) is 63.6 Å². The summed E-state index contributed by atoms with van der Waals surface area (Å²) < 4.78 is 10.6. The zero-order valence-corrected chi connectivity index (χ0v) is 13.2. The van der Waals surface area contributed by atoms with Crippen molar-refractivity contribution < 1.29 is 14.6 Å². The quantitative estimate of drug-likeness (QED) is 0.783. The monoisotopic (exact) mass is 295 g/mol. The fraction of sp³-hybridized carbons (Fsp3) is 0.600. The lowest BCUT2D eigenvalue weighted by molar-refractivity contribution is 0.191. The van der Waals surface area contributed by atoms with Crippen LogP contribution in [-0.2, 0) is 0 Å². The van der Waals surface area contributed by atoms with Crippen LogP contribution < -0.4 is 20.1 Å². The zero-order chi connectivity index (χ0) is 15.6. The molecule has 1 aliphatic rings. The van der Waals surface area contributed by atoms with E-state index >= 15 is 0 Å². The Morgan fingerprint density at radius 1 is 1.29 bits per heavy atom. The van der Waals surface area contributed by atoms with Crippen LogP contribution in [0.5, 0.6) is 11.5 Å². The van der Waals surface area contributed by atoms with Crippen molar-refractivity contribution in [3.63, 3.8) is 0 Å². The summed E-state index contributed by atoms with van der Waals surface area (Å²) in [5, 5.41) is 10.0. The van der Waals surface area contributed by atoms with E-state index in [0.29, 0.717) is 23.7 Å². The maximum atomic E-state index is 10.0. The molecular weight excluding hydrogens is 270 g/mol. The second-order valence-corrected chi connectivity index (χ2v) is 5.72. The van der Waals surface area contributed by atoms with Gasteiger partial charge in [-0.25, -0.2) is 0 Å². The minimum Gasteiger partial charge on any atom is -0.493 e. The molecule has 2 unspecified atom stereocenters. The Bertz CT molecular complexity index is 493. The minimum absolute atomic E-state index is 0.232. The van der Waals surface area contributed by atoms with Gasteiger partial charge >= 0.3 is 0 Å². The maximum Gasteiger partial charge on any atom is 0.162 e. The number of methoxy groups -OCH3 is 2. The molecule has 2 atom stereocenters. The van der Waals surface area contributed by atoms with Gasteiger partial charge in [-0.15, -0.1) is 0 Å². The highest BCUT2D eigenvalue weighted by Gasteiger charge is 2.32. The van der Waals surface area contributed by atoms with Gasteiger partial charge in [0.1, 0.15) is 0 Å². The van der Waals surface area contributed by atoms with E-state index in [1.165, 1.54) is 0 Å².